The fraction of sp³-hybridized carbons (Fsp3) is 0.526. The summed E-state index contributed by atoms with van der Waals surface area (Å²) < 4.78 is 7.75. The van der Waals surface area contributed by atoms with Gasteiger partial charge < -0.3 is 9.84 Å². The highest BCUT2D eigenvalue weighted by atomic mass is 16.5. The van der Waals surface area contributed by atoms with E-state index >= 15 is 0 Å². The second-order valence-corrected chi connectivity index (χ2v) is 6.68. The molecule has 1 fully saturated rings. The minimum atomic E-state index is -0.480. The highest BCUT2D eigenvalue weighted by Crippen LogP contribution is 2.20. The lowest BCUT2D eigenvalue weighted by atomic mass is 10.2. The lowest BCUT2D eigenvalue weighted by Crippen LogP contribution is -2.40. The summed E-state index contributed by atoms with van der Waals surface area (Å²) in [6, 6.07) is 12.2. The summed E-state index contributed by atoms with van der Waals surface area (Å²) in [5.74, 6) is 0.803. The molecule has 1 aliphatic heterocycles. The van der Waals surface area contributed by atoms with E-state index in [0.29, 0.717) is 19.2 Å². The number of benzene rings is 1. The van der Waals surface area contributed by atoms with E-state index in [0.717, 1.165) is 31.0 Å². The Balaban J connectivity index is 1.50. The first-order valence-electron chi connectivity index (χ1n) is 8.73. The van der Waals surface area contributed by atoms with Crippen molar-refractivity contribution in [1.82, 2.24) is 14.7 Å². The zero-order valence-corrected chi connectivity index (χ0v) is 14.6. The van der Waals surface area contributed by atoms with Crippen molar-refractivity contribution in [3.63, 3.8) is 0 Å². The zero-order chi connectivity index (χ0) is 16.9. The van der Waals surface area contributed by atoms with Gasteiger partial charge >= 0.3 is 0 Å². The molecule has 0 spiro atoms. The Kier molecular flexibility index (Phi) is 5.53. The van der Waals surface area contributed by atoms with Crippen molar-refractivity contribution in [2.75, 3.05) is 19.7 Å². The number of likely N-dealkylation sites (tertiary alicyclic amines) is 1. The summed E-state index contributed by atoms with van der Waals surface area (Å²) in [5, 5.41) is 14.9. The van der Waals surface area contributed by atoms with E-state index < -0.39 is 6.10 Å². The van der Waals surface area contributed by atoms with Crippen LogP contribution < -0.4 is 4.74 Å². The molecule has 1 aromatic heterocycles. The molecule has 1 N–H and O–H groups in total. The van der Waals surface area contributed by atoms with Crippen LogP contribution in [0.3, 0.4) is 0 Å². The van der Waals surface area contributed by atoms with Crippen LogP contribution in [-0.4, -0.2) is 51.6 Å². The van der Waals surface area contributed by atoms with Crippen LogP contribution >= 0.6 is 0 Å². The van der Waals surface area contributed by atoms with Crippen LogP contribution in [0.4, 0.5) is 0 Å². The normalized spacial score (nSPS) is 19.5. The summed E-state index contributed by atoms with van der Waals surface area (Å²) >= 11 is 0. The molecular formula is C19H27N3O2. The van der Waals surface area contributed by atoms with Crippen LogP contribution in [0.2, 0.25) is 0 Å². The number of β-amino-alcohol motifs (C(OH)–C–C–N with tert-alkyl or cyclic N) is 1. The maximum atomic E-state index is 10.3. The molecule has 5 heteroatoms. The second kappa shape index (κ2) is 7.81. The number of aliphatic hydroxyl groups excluding tert-OH is 1. The van der Waals surface area contributed by atoms with E-state index in [4.69, 9.17) is 4.74 Å². The molecule has 24 heavy (non-hydrogen) atoms. The number of rotatable bonds is 7. The van der Waals surface area contributed by atoms with E-state index in [2.05, 4.69) is 27.7 Å². The molecule has 1 saturated heterocycles. The minimum absolute atomic E-state index is 0.327. The van der Waals surface area contributed by atoms with E-state index in [-0.39, 0.29) is 0 Å². The average molecular weight is 329 g/mol. The van der Waals surface area contributed by atoms with Crippen LogP contribution in [0.15, 0.2) is 36.4 Å². The third kappa shape index (κ3) is 4.36. The Labute approximate surface area is 143 Å². The van der Waals surface area contributed by atoms with Gasteiger partial charge in [-0.25, -0.2) is 0 Å². The Morgan fingerprint density at radius 3 is 2.79 bits per heavy atom. The standard InChI is InChI=1S/C19H27N3O2/c1-15-11-16(2)22(20-15)12-17-7-6-10-21(17)13-18(23)14-24-19-8-4-3-5-9-19/h3-5,8-9,11,17-18,23H,6-7,10,12-14H2,1-2H3. The number of hydrogen-bond donors (Lipinski definition) is 1. The van der Waals surface area contributed by atoms with Gasteiger partial charge in [0.1, 0.15) is 18.5 Å². The second-order valence-electron chi connectivity index (χ2n) is 6.68. The van der Waals surface area contributed by atoms with E-state index in [9.17, 15) is 5.11 Å². The molecule has 0 saturated carbocycles. The molecule has 2 heterocycles. The first-order chi connectivity index (χ1) is 11.6. The Bertz CT molecular complexity index is 641. The molecule has 2 atom stereocenters. The molecule has 2 aromatic rings. The number of hydrogen-bond acceptors (Lipinski definition) is 4. The maximum Gasteiger partial charge on any atom is 0.119 e. The average Bonchev–Trinajstić information content (AvgIpc) is 3.13. The van der Waals surface area contributed by atoms with Gasteiger partial charge in [-0.2, -0.15) is 5.10 Å². The predicted octanol–water partition coefficient (Wildman–Crippen LogP) is 2.40. The van der Waals surface area contributed by atoms with Gasteiger partial charge in [-0.3, -0.25) is 9.58 Å². The van der Waals surface area contributed by atoms with Crippen LogP contribution in [0.5, 0.6) is 5.75 Å². The van der Waals surface area contributed by atoms with Crippen LogP contribution in [-0.2, 0) is 6.54 Å². The van der Waals surface area contributed by atoms with Crippen LogP contribution in [0, 0.1) is 13.8 Å². The topological polar surface area (TPSA) is 50.5 Å². The number of aromatic nitrogens is 2. The molecule has 0 amide bonds. The molecule has 3 rings (SSSR count). The molecule has 130 valence electrons. The minimum Gasteiger partial charge on any atom is -0.491 e. The number of ether oxygens (including phenoxy) is 1. The third-order valence-electron chi connectivity index (χ3n) is 4.62. The quantitative estimate of drug-likeness (QED) is 0.847. The van der Waals surface area contributed by atoms with Crippen LogP contribution in [0.25, 0.3) is 0 Å². The van der Waals surface area contributed by atoms with Gasteiger partial charge in [0.2, 0.25) is 0 Å². The number of nitrogens with zero attached hydrogens (tertiary/aromatic N) is 3. The van der Waals surface area contributed by atoms with Crippen molar-refractivity contribution in [2.24, 2.45) is 0 Å². The molecule has 0 bridgehead atoms. The van der Waals surface area contributed by atoms with Crippen molar-refractivity contribution in [2.45, 2.75) is 45.4 Å². The summed E-state index contributed by atoms with van der Waals surface area (Å²) in [6.45, 7) is 7.03. The van der Waals surface area contributed by atoms with Crippen LogP contribution in [0.1, 0.15) is 24.2 Å². The van der Waals surface area contributed by atoms with E-state index in [1.165, 1.54) is 12.1 Å². The van der Waals surface area contributed by atoms with Gasteiger partial charge in [0.05, 0.1) is 12.2 Å². The molecule has 2 unspecified atom stereocenters. The summed E-state index contributed by atoms with van der Waals surface area (Å²) in [5.41, 5.74) is 2.26. The monoisotopic (exact) mass is 329 g/mol. The Morgan fingerprint density at radius 1 is 1.29 bits per heavy atom. The first-order valence-corrected chi connectivity index (χ1v) is 8.73. The maximum absolute atomic E-state index is 10.3. The zero-order valence-electron chi connectivity index (χ0n) is 14.6. The first kappa shape index (κ1) is 17.0. The third-order valence-corrected chi connectivity index (χ3v) is 4.62. The Hall–Kier alpha value is -1.85. The van der Waals surface area contributed by atoms with E-state index in [1.54, 1.807) is 0 Å². The fourth-order valence-electron chi connectivity index (χ4n) is 3.43. The highest BCUT2D eigenvalue weighted by Gasteiger charge is 2.27. The van der Waals surface area contributed by atoms with Gasteiger partial charge in [0.15, 0.2) is 0 Å². The largest absolute Gasteiger partial charge is 0.491 e. The van der Waals surface area contributed by atoms with Crippen molar-refractivity contribution in [3.8, 4) is 5.75 Å². The van der Waals surface area contributed by atoms with E-state index in [1.807, 2.05) is 37.3 Å². The SMILES string of the molecule is Cc1cc(C)n(CC2CCCN2CC(O)COc2ccccc2)n1. The van der Waals surface area contributed by atoms with Gasteiger partial charge in [0, 0.05) is 18.3 Å². The molecule has 5 nitrogen and oxygen atoms in total. The Morgan fingerprint density at radius 2 is 2.08 bits per heavy atom. The molecule has 1 aliphatic rings. The number of para-hydroxylation sites is 1. The number of aryl methyl sites for hydroxylation is 2. The lowest BCUT2D eigenvalue weighted by Gasteiger charge is -2.27. The van der Waals surface area contributed by atoms with Gasteiger partial charge in [-0.15, -0.1) is 0 Å². The smallest absolute Gasteiger partial charge is 0.119 e. The molecule has 1 aromatic carbocycles. The van der Waals surface area contributed by atoms with Crippen molar-refractivity contribution in [1.29, 1.82) is 0 Å². The molecule has 0 aliphatic carbocycles. The van der Waals surface area contributed by atoms with Crippen molar-refractivity contribution >= 4 is 0 Å². The predicted molar refractivity (Wildman–Crippen MR) is 94.2 cm³/mol. The summed E-state index contributed by atoms with van der Waals surface area (Å²) in [7, 11) is 0. The highest BCUT2D eigenvalue weighted by molar-refractivity contribution is 5.20. The summed E-state index contributed by atoms with van der Waals surface area (Å²) in [6.07, 6.45) is 1.85. The fourth-order valence-corrected chi connectivity index (χ4v) is 3.43. The molecular weight excluding hydrogens is 302 g/mol. The van der Waals surface area contributed by atoms with Gasteiger partial charge in [0.25, 0.3) is 0 Å². The van der Waals surface area contributed by atoms with Gasteiger partial charge in [-0.05, 0) is 51.4 Å². The van der Waals surface area contributed by atoms with Gasteiger partial charge in [-0.1, -0.05) is 18.2 Å². The number of aliphatic hydroxyl groups is 1. The lowest BCUT2D eigenvalue weighted by molar-refractivity contribution is 0.0608. The van der Waals surface area contributed by atoms with Crippen molar-refractivity contribution < 1.29 is 9.84 Å². The summed E-state index contributed by atoms with van der Waals surface area (Å²) in [4.78, 5) is 2.37. The van der Waals surface area contributed by atoms with Crippen molar-refractivity contribution in [3.05, 3.63) is 47.8 Å². The molecule has 0 radical (unpaired) electrons.